The molecule has 1 N–H and O–H groups in total. The average Bonchev–Trinajstić information content (AvgIpc) is 2.61. The molecule has 0 fully saturated rings. The maximum atomic E-state index is 6.29. The number of benzene rings is 2. The summed E-state index contributed by atoms with van der Waals surface area (Å²) in [5, 5.41) is 7.79. The summed E-state index contributed by atoms with van der Waals surface area (Å²) in [5.41, 5.74) is 4.13. The molecule has 2 aromatic carbocycles. The lowest BCUT2D eigenvalue weighted by Crippen LogP contribution is -2.18. The van der Waals surface area contributed by atoms with Crippen LogP contribution >= 0.6 is 23.4 Å². The Morgan fingerprint density at radius 2 is 1.92 bits per heavy atom. The fraction of sp³-hybridized carbons (Fsp3) is 0.250. The summed E-state index contributed by atoms with van der Waals surface area (Å²) in [7, 11) is 0. The van der Waals surface area contributed by atoms with Crippen molar-refractivity contribution >= 4 is 35.8 Å². The van der Waals surface area contributed by atoms with Gasteiger partial charge in [0, 0.05) is 29.1 Å². The zero-order valence-electron chi connectivity index (χ0n) is 14.8. The van der Waals surface area contributed by atoms with Gasteiger partial charge in [-0.15, -0.1) is 0 Å². The van der Waals surface area contributed by atoms with Crippen LogP contribution < -0.4 is 5.32 Å². The van der Waals surface area contributed by atoms with Crippen LogP contribution in [0.15, 0.2) is 59.4 Å². The van der Waals surface area contributed by atoms with E-state index in [1.165, 1.54) is 5.56 Å². The predicted molar refractivity (Wildman–Crippen MR) is 110 cm³/mol. The van der Waals surface area contributed by atoms with Crippen molar-refractivity contribution in [1.82, 2.24) is 5.32 Å². The first kappa shape index (κ1) is 19.4. The van der Waals surface area contributed by atoms with Gasteiger partial charge in [0.15, 0.2) is 5.76 Å². The average molecular weight is 375 g/mol. The second-order valence-electron chi connectivity index (χ2n) is 5.69. The topological polar surface area (TPSA) is 33.6 Å². The maximum Gasteiger partial charge on any atom is 0.183 e. The molecule has 2 aromatic rings. The molecule has 25 heavy (non-hydrogen) atoms. The molecular formula is C20H23ClN2OS. The molecule has 1 unspecified atom stereocenters. The summed E-state index contributed by atoms with van der Waals surface area (Å²) in [6, 6.07) is 16.1. The Morgan fingerprint density at radius 3 is 2.52 bits per heavy atom. The van der Waals surface area contributed by atoms with Gasteiger partial charge in [-0.2, -0.15) is 11.8 Å². The molecule has 0 saturated carbocycles. The highest BCUT2D eigenvalue weighted by molar-refractivity contribution is 7.97. The summed E-state index contributed by atoms with van der Waals surface area (Å²) in [5.74, 6) is 1.64. The zero-order chi connectivity index (χ0) is 18.2. The minimum atomic E-state index is 0.0351. The fourth-order valence-electron chi connectivity index (χ4n) is 2.62. The van der Waals surface area contributed by atoms with E-state index in [0.29, 0.717) is 5.76 Å². The highest BCUT2D eigenvalue weighted by Crippen LogP contribution is 2.26. The van der Waals surface area contributed by atoms with Gasteiger partial charge in [-0.25, -0.2) is 0 Å². The molecule has 0 aliphatic heterocycles. The minimum Gasteiger partial charge on any atom is -0.379 e. The number of oxime groups is 1. The van der Waals surface area contributed by atoms with Gasteiger partial charge in [0.1, 0.15) is 0 Å². The van der Waals surface area contributed by atoms with E-state index in [-0.39, 0.29) is 6.04 Å². The van der Waals surface area contributed by atoms with Crippen LogP contribution in [0.2, 0.25) is 5.02 Å². The number of allylic oxidation sites excluding steroid dienone is 1. The van der Waals surface area contributed by atoms with E-state index in [9.17, 15) is 0 Å². The molecule has 0 amide bonds. The second-order valence-corrected chi connectivity index (χ2v) is 6.97. The summed E-state index contributed by atoms with van der Waals surface area (Å²) in [4.78, 5) is 5.45. The lowest BCUT2D eigenvalue weighted by atomic mass is 10.1. The molecule has 0 radical (unpaired) electrons. The van der Waals surface area contributed by atoms with Crippen molar-refractivity contribution in [3.63, 3.8) is 0 Å². The van der Waals surface area contributed by atoms with Gasteiger partial charge >= 0.3 is 0 Å². The van der Waals surface area contributed by atoms with Crippen molar-refractivity contribution in [1.29, 1.82) is 0 Å². The van der Waals surface area contributed by atoms with Crippen LogP contribution in [0.1, 0.15) is 36.6 Å². The molecule has 0 heterocycles. The quantitative estimate of drug-likeness (QED) is 0.356. The summed E-state index contributed by atoms with van der Waals surface area (Å²) < 4.78 is 0. The first-order chi connectivity index (χ1) is 12.1. The summed E-state index contributed by atoms with van der Waals surface area (Å²) >= 11 is 8.09. The Hall–Kier alpha value is -1.91. The smallest absolute Gasteiger partial charge is 0.183 e. The number of nitrogens with zero attached hydrogens (tertiary/aromatic N) is 1. The molecule has 0 bridgehead atoms. The van der Waals surface area contributed by atoms with Gasteiger partial charge in [0.25, 0.3) is 0 Å². The van der Waals surface area contributed by atoms with Gasteiger partial charge in [-0.3, -0.25) is 0 Å². The maximum absolute atomic E-state index is 6.29. The minimum absolute atomic E-state index is 0.0351. The van der Waals surface area contributed by atoms with Crippen LogP contribution in [-0.2, 0) is 10.6 Å². The third kappa shape index (κ3) is 5.28. The van der Waals surface area contributed by atoms with Crippen LogP contribution in [0.25, 0.3) is 5.76 Å². The molecular weight excluding hydrogens is 352 g/mol. The van der Waals surface area contributed by atoms with E-state index in [1.54, 1.807) is 11.8 Å². The summed E-state index contributed by atoms with van der Waals surface area (Å²) in [6.45, 7) is 7.47. The van der Waals surface area contributed by atoms with Crippen LogP contribution in [0, 0.1) is 0 Å². The molecule has 0 aliphatic carbocycles. The number of hydrogen-bond acceptors (Lipinski definition) is 4. The van der Waals surface area contributed by atoms with E-state index < -0.39 is 0 Å². The van der Waals surface area contributed by atoms with Crippen molar-refractivity contribution < 1.29 is 4.84 Å². The fourth-order valence-corrected chi connectivity index (χ4v) is 3.44. The number of thioether (sulfide) groups is 1. The standard InChI is InChI=1S/C20H23ClN2OS/c1-14(18-7-5-6-8-19(18)21)23-15(2)20(24-22-3)17-11-9-16(10-12-17)13-25-4/h5-12,14,23H,3,13H2,1-2,4H3/b20-15+. The van der Waals surface area contributed by atoms with Crippen molar-refractivity contribution in [2.24, 2.45) is 5.16 Å². The molecule has 2 rings (SSSR count). The number of nitrogens with one attached hydrogen (secondary N) is 1. The Balaban J connectivity index is 2.26. The van der Waals surface area contributed by atoms with Crippen molar-refractivity contribution in [2.75, 3.05) is 6.26 Å². The van der Waals surface area contributed by atoms with Crippen LogP contribution in [-0.4, -0.2) is 13.0 Å². The van der Waals surface area contributed by atoms with E-state index >= 15 is 0 Å². The molecule has 0 aliphatic rings. The van der Waals surface area contributed by atoms with E-state index in [0.717, 1.165) is 27.6 Å². The lowest BCUT2D eigenvalue weighted by Gasteiger charge is -2.19. The number of halogens is 1. The van der Waals surface area contributed by atoms with E-state index in [1.807, 2.05) is 43.3 Å². The molecule has 0 aromatic heterocycles. The van der Waals surface area contributed by atoms with Gasteiger partial charge in [0.05, 0.1) is 5.70 Å². The first-order valence-electron chi connectivity index (χ1n) is 8.00. The molecule has 132 valence electrons. The van der Waals surface area contributed by atoms with Gasteiger partial charge in [0.2, 0.25) is 0 Å². The molecule has 0 saturated heterocycles. The molecule has 3 nitrogen and oxygen atoms in total. The van der Waals surface area contributed by atoms with Crippen LogP contribution in [0.5, 0.6) is 0 Å². The normalized spacial score (nSPS) is 13.0. The van der Waals surface area contributed by atoms with Crippen LogP contribution in [0.3, 0.4) is 0 Å². The third-order valence-corrected chi connectivity index (χ3v) is 4.79. The van der Waals surface area contributed by atoms with Crippen molar-refractivity contribution in [3.8, 4) is 0 Å². The third-order valence-electron chi connectivity index (χ3n) is 3.83. The van der Waals surface area contributed by atoms with Crippen molar-refractivity contribution in [2.45, 2.75) is 25.6 Å². The first-order valence-corrected chi connectivity index (χ1v) is 9.77. The van der Waals surface area contributed by atoms with Gasteiger partial charge < -0.3 is 10.2 Å². The Kier molecular flexibility index (Phi) is 7.41. The lowest BCUT2D eigenvalue weighted by molar-refractivity contribution is 0.296. The SMILES string of the molecule is C=NO/C(=C(\C)NC(C)c1ccccc1Cl)c1ccc(CSC)cc1. The summed E-state index contributed by atoms with van der Waals surface area (Å²) in [6.07, 6.45) is 2.09. The Labute approximate surface area is 159 Å². The molecule has 5 heteroatoms. The number of hydrogen-bond donors (Lipinski definition) is 1. The zero-order valence-corrected chi connectivity index (χ0v) is 16.3. The van der Waals surface area contributed by atoms with E-state index in [2.05, 4.69) is 42.5 Å². The van der Waals surface area contributed by atoms with E-state index in [4.69, 9.17) is 16.4 Å². The number of rotatable bonds is 8. The monoisotopic (exact) mass is 374 g/mol. The van der Waals surface area contributed by atoms with Crippen molar-refractivity contribution in [3.05, 3.63) is 75.9 Å². The molecule has 1 atom stereocenters. The largest absolute Gasteiger partial charge is 0.379 e. The van der Waals surface area contributed by atoms with Gasteiger partial charge in [-0.05, 0) is 37.3 Å². The predicted octanol–water partition coefficient (Wildman–Crippen LogP) is 5.87. The second kappa shape index (κ2) is 9.54. The highest BCUT2D eigenvalue weighted by Gasteiger charge is 2.13. The molecule has 0 spiro atoms. The van der Waals surface area contributed by atoms with Gasteiger partial charge in [-0.1, -0.05) is 59.2 Å². The Morgan fingerprint density at radius 1 is 1.24 bits per heavy atom. The highest BCUT2D eigenvalue weighted by atomic mass is 35.5. The van der Waals surface area contributed by atoms with Crippen LogP contribution in [0.4, 0.5) is 0 Å². The Bertz CT molecular complexity index is 744.